The first-order valence-corrected chi connectivity index (χ1v) is 7.21. The Morgan fingerprint density at radius 3 is 2.09 bits per heavy atom. The molecule has 0 aliphatic rings. The van der Waals surface area contributed by atoms with Crippen molar-refractivity contribution in [1.29, 1.82) is 0 Å². The molecule has 0 bridgehead atoms. The van der Waals surface area contributed by atoms with Gasteiger partial charge in [-0.05, 0) is 37.1 Å². The summed E-state index contributed by atoms with van der Waals surface area (Å²) in [5.74, 6) is -1.47. The number of rotatable bonds is 7. The summed E-state index contributed by atoms with van der Waals surface area (Å²) in [5, 5.41) is 2.61. The second-order valence-electron chi connectivity index (χ2n) is 5.41. The van der Waals surface area contributed by atoms with Crippen molar-refractivity contribution in [3.63, 3.8) is 0 Å². The van der Waals surface area contributed by atoms with Crippen LogP contribution in [0, 0.1) is 5.92 Å². The highest BCUT2D eigenvalue weighted by Gasteiger charge is 2.28. The van der Waals surface area contributed by atoms with Gasteiger partial charge in [-0.25, -0.2) is 4.79 Å². The molecular weight excluding hydrogens is 300 g/mol. The molecule has 0 radical (unpaired) electrons. The molecule has 0 heterocycles. The quantitative estimate of drug-likeness (QED) is 0.724. The third kappa shape index (κ3) is 5.28. The molecule has 1 aromatic rings. The molecule has 0 fully saturated rings. The Balaban J connectivity index is 2.80. The number of esters is 1. The summed E-state index contributed by atoms with van der Waals surface area (Å²) in [6.07, 6.45) is -1.05. The van der Waals surface area contributed by atoms with Crippen LogP contribution in [0.3, 0.4) is 0 Å². The van der Waals surface area contributed by atoms with Crippen molar-refractivity contribution < 1.29 is 23.9 Å². The van der Waals surface area contributed by atoms with E-state index in [4.69, 9.17) is 15.2 Å². The van der Waals surface area contributed by atoms with E-state index >= 15 is 0 Å². The maximum atomic E-state index is 12.2. The summed E-state index contributed by atoms with van der Waals surface area (Å²) < 4.78 is 9.98. The topological polar surface area (TPSA) is 108 Å². The van der Waals surface area contributed by atoms with Gasteiger partial charge < -0.3 is 20.5 Å². The van der Waals surface area contributed by atoms with Crippen LogP contribution < -0.4 is 15.8 Å². The van der Waals surface area contributed by atoms with Gasteiger partial charge in [0.1, 0.15) is 11.8 Å². The fourth-order valence-corrected chi connectivity index (χ4v) is 1.77. The van der Waals surface area contributed by atoms with Crippen molar-refractivity contribution in [2.24, 2.45) is 11.7 Å². The molecule has 2 amide bonds. The molecule has 0 spiro atoms. The van der Waals surface area contributed by atoms with E-state index in [1.165, 1.54) is 14.0 Å². The molecule has 1 aromatic carbocycles. The number of methoxy groups -OCH3 is 1. The molecule has 0 saturated carbocycles. The summed E-state index contributed by atoms with van der Waals surface area (Å²) in [7, 11) is 1.53. The first-order valence-electron chi connectivity index (χ1n) is 7.21. The number of carbonyl (C=O) groups is 3. The van der Waals surface area contributed by atoms with Gasteiger partial charge in [-0.15, -0.1) is 0 Å². The van der Waals surface area contributed by atoms with Crippen LogP contribution in [0.4, 0.5) is 0 Å². The molecule has 0 saturated heterocycles. The molecular formula is C16H22N2O5. The fraction of sp³-hybridized carbons (Fsp3) is 0.438. The van der Waals surface area contributed by atoms with Crippen molar-refractivity contribution in [2.45, 2.75) is 32.9 Å². The first kappa shape index (κ1) is 18.5. The van der Waals surface area contributed by atoms with Gasteiger partial charge in [-0.2, -0.15) is 0 Å². The number of carbonyl (C=O) groups excluding carboxylic acids is 3. The molecule has 7 heteroatoms. The maximum Gasteiger partial charge on any atom is 0.329 e. The molecule has 126 valence electrons. The highest BCUT2D eigenvalue weighted by molar-refractivity contribution is 5.97. The lowest BCUT2D eigenvalue weighted by molar-refractivity contribution is -0.156. The third-order valence-corrected chi connectivity index (χ3v) is 3.25. The van der Waals surface area contributed by atoms with E-state index in [1.54, 1.807) is 38.1 Å². The van der Waals surface area contributed by atoms with E-state index in [1.807, 2.05) is 0 Å². The average molecular weight is 322 g/mol. The second kappa shape index (κ2) is 8.17. The minimum Gasteiger partial charge on any atom is -0.497 e. The molecule has 0 aromatic heterocycles. The zero-order valence-corrected chi connectivity index (χ0v) is 13.7. The number of hydrogen-bond donors (Lipinski definition) is 2. The van der Waals surface area contributed by atoms with Gasteiger partial charge in [-0.3, -0.25) is 9.59 Å². The lowest BCUT2D eigenvalue weighted by Gasteiger charge is -2.22. The Morgan fingerprint density at radius 1 is 1.09 bits per heavy atom. The number of ether oxygens (including phenoxy) is 2. The highest BCUT2D eigenvalue weighted by atomic mass is 16.5. The summed E-state index contributed by atoms with van der Waals surface area (Å²) in [4.78, 5) is 35.3. The first-order chi connectivity index (χ1) is 10.8. The van der Waals surface area contributed by atoms with Crippen LogP contribution in [0.2, 0.25) is 0 Å². The van der Waals surface area contributed by atoms with E-state index in [9.17, 15) is 14.4 Å². The van der Waals surface area contributed by atoms with E-state index in [0.717, 1.165) is 0 Å². The molecule has 0 unspecified atom stereocenters. The van der Waals surface area contributed by atoms with Crippen LogP contribution in [-0.4, -0.2) is 37.0 Å². The Hall–Kier alpha value is -2.57. The van der Waals surface area contributed by atoms with Crippen LogP contribution in [0.25, 0.3) is 0 Å². The summed E-state index contributed by atoms with van der Waals surface area (Å²) >= 11 is 0. The van der Waals surface area contributed by atoms with Gasteiger partial charge in [-0.1, -0.05) is 13.8 Å². The number of nitrogens with one attached hydrogen (secondary N) is 1. The van der Waals surface area contributed by atoms with Gasteiger partial charge in [0, 0.05) is 5.56 Å². The van der Waals surface area contributed by atoms with Gasteiger partial charge in [0.25, 0.3) is 11.8 Å². The monoisotopic (exact) mass is 322 g/mol. The van der Waals surface area contributed by atoms with Crippen molar-refractivity contribution in [3.8, 4) is 5.75 Å². The third-order valence-electron chi connectivity index (χ3n) is 3.25. The number of primary amides is 1. The Labute approximate surface area is 135 Å². The predicted octanol–water partition coefficient (Wildman–Crippen LogP) is 0.867. The molecule has 1 rings (SSSR count). The largest absolute Gasteiger partial charge is 0.497 e. The normalized spacial score (nSPS) is 13.1. The van der Waals surface area contributed by atoms with Gasteiger partial charge >= 0.3 is 5.97 Å². The number of amides is 2. The standard InChI is InChI=1S/C16H22N2O5/c1-9(2)13(16(21)23-10(3)14(17)19)18-15(20)11-5-7-12(22-4)8-6-11/h5-10,13H,1-4H3,(H2,17,19)(H,18,20)/t10-,13-/m0/s1. The molecule has 2 atom stereocenters. The van der Waals surface area contributed by atoms with E-state index in [-0.39, 0.29) is 5.92 Å². The van der Waals surface area contributed by atoms with Crippen molar-refractivity contribution in [2.75, 3.05) is 7.11 Å². The van der Waals surface area contributed by atoms with E-state index in [2.05, 4.69) is 5.32 Å². The zero-order chi connectivity index (χ0) is 17.6. The van der Waals surface area contributed by atoms with Crippen LogP contribution in [0.1, 0.15) is 31.1 Å². The van der Waals surface area contributed by atoms with Crippen molar-refractivity contribution in [1.82, 2.24) is 5.32 Å². The second-order valence-corrected chi connectivity index (χ2v) is 5.41. The van der Waals surface area contributed by atoms with Gasteiger partial charge in [0.05, 0.1) is 7.11 Å². The Morgan fingerprint density at radius 2 is 1.65 bits per heavy atom. The molecule has 7 nitrogen and oxygen atoms in total. The van der Waals surface area contributed by atoms with Crippen molar-refractivity contribution >= 4 is 17.8 Å². The lowest BCUT2D eigenvalue weighted by atomic mass is 10.0. The summed E-state index contributed by atoms with van der Waals surface area (Å²) in [5.41, 5.74) is 5.45. The number of hydrogen-bond acceptors (Lipinski definition) is 5. The van der Waals surface area contributed by atoms with Crippen LogP contribution in [0.15, 0.2) is 24.3 Å². The smallest absolute Gasteiger partial charge is 0.329 e. The minimum atomic E-state index is -1.05. The van der Waals surface area contributed by atoms with Crippen LogP contribution in [0.5, 0.6) is 5.75 Å². The molecule has 23 heavy (non-hydrogen) atoms. The van der Waals surface area contributed by atoms with Crippen molar-refractivity contribution in [3.05, 3.63) is 29.8 Å². The van der Waals surface area contributed by atoms with Crippen LogP contribution >= 0.6 is 0 Å². The zero-order valence-electron chi connectivity index (χ0n) is 13.7. The van der Waals surface area contributed by atoms with Gasteiger partial charge in [0.15, 0.2) is 6.10 Å². The number of nitrogens with two attached hydrogens (primary N) is 1. The summed E-state index contributed by atoms with van der Waals surface area (Å²) in [6.45, 7) is 4.90. The molecule has 0 aliphatic heterocycles. The lowest BCUT2D eigenvalue weighted by Crippen LogP contribution is -2.47. The average Bonchev–Trinajstić information content (AvgIpc) is 2.51. The van der Waals surface area contributed by atoms with E-state index in [0.29, 0.717) is 11.3 Å². The maximum absolute atomic E-state index is 12.2. The van der Waals surface area contributed by atoms with E-state index < -0.39 is 29.9 Å². The SMILES string of the molecule is COc1ccc(C(=O)N[C@H](C(=O)O[C@@H](C)C(N)=O)C(C)C)cc1. The Kier molecular flexibility index (Phi) is 6.56. The molecule has 3 N–H and O–H groups in total. The van der Waals surface area contributed by atoms with Gasteiger partial charge in [0.2, 0.25) is 0 Å². The Bertz CT molecular complexity index is 568. The highest BCUT2D eigenvalue weighted by Crippen LogP contribution is 2.12. The number of benzene rings is 1. The summed E-state index contributed by atoms with van der Waals surface area (Å²) in [6, 6.07) is 5.58. The predicted molar refractivity (Wildman–Crippen MR) is 83.8 cm³/mol. The molecule has 0 aliphatic carbocycles. The van der Waals surface area contributed by atoms with Crippen LogP contribution in [-0.2, 0) is 14.3 Å². The fourth-order valence-electron chi connectivity index (χ4n) is 1.77. The minimum absolute atomic E-state index is 0.218.